The lowest BCUT2D eigenvalue weighted by atomic mass is 10.2. The van der Waals surface area contributed by atoms with Crippen LogP contribution >= 0.6 is 0 Å². The first-order chi connectivity index (χ1) is 10.1. The van der Waals surface area contributed by atoms with Crippen molar-refractivity contribution in [1.82, 2.24) is 9.47 Å². The van der Waals surface area contributed by atoms with E-state index in [4.69, 9.17) is 0 Å². The standard InChI is InChI=1S/C18H22N2O/c1-13-9-10-19(12-13)18(21)17-11-14(2)20(15(17)3)16-7-5-4-6-8-16/h4-8,11,13H,9-10,12H2,1-3H3. The zero-order valence-electron chi connectivity index (χ0n) is 13.0. The van der Waals surface area contributed by atoms with Gasteiger partial charge in [-0.25, -0.2) is 0 Å². The number of carbonyl (C=O) groups excluding carboxylic acids is 1. The normalized spacial score (nSPS) is 18.2. The number of carbonyl (C=O) groups is 1. The summed E-state index contributed by atoms with van der Waals surface area (Å²) in [5.41, 5.74) is 4.09. The van der Waals surface area contributed by atoms with Gasteiger partial charge in [-0.15, -0.1) is 0 Å². The molecule has 2 aromatic rings. The van der Waals surface area contributed by atoms with Gasteiger partial charge in [0.25, 0.3) is 5.91 Å². The summed E-state index contributed by atoms with van der Waals surface area (Å²) in [6, 6.07) is 12.2. The van der Waals surface area contributed by atoms with Gasteiger partial charge in [0.05, 0.1) is 5.56 Å². The molecular weight excluding hydrogens is 260 g/mol. The Labute approximate surface area is 126 Å². The van der Waals surface area contributed by atoms with Crippen LogP contribution in [0.15, 0.2) is 36.4 Å². The van der Waals surface area contributed by atoms with E-state index in [0.29, 0.717) is 5.92 Å². The quantitative estimate of drug-likeness (QED) is 0.826. The van der Waals surface area contributed by atoms with Crippen molar-refractivity contribution in [3.8, 4) is 5.69 Å². The van der Waals surface area contributed by atoms with Crippen molar-refractivity contribution in [2.45, 2.75) is 27.2 Å². The van der Waals surface area contributed by atoms with Crippen LogP contribution in [0, 0.1) is 19.8 Å². The average molecular weight is 282 g/mol. The molecule has 1 aromatic carbocycles. The number of benzene rings is 1. The fraction of sp³-hybridized carbons (Fsp3) is 0.389. The Morgan fingerprint density at radius 2 is 1.90 bits per heavy atom. The number of rotatable bonds is 2. The number of hydrogen-bond acceptors (Lipinski definition) is 1. The predicted octanol–water partition coefficient (Wildman–Crippen LogP) is 3.58. The largest absolute Gasteiger partial charge is 0.338 e. The molecule has 1 aliphatic rings. The Morgan fingerprint density at radius 1 is 1.19 bits per heavy atom. The first-order valence-electron chi connectivity index (χ1n) is 7.61. The van der Waals surface area contributed by atoms with E-state index < -0.39 is 0 Å². The Kier molecular flexibility index (Phi) is 3.58. The molecule has 0 spiro atoms. The molecule has 2 heterocycles. The minimum absolute atomic E-state index is 0.176. The van der Waals surface area contributed by atoms with E-state index in [1.807, 2.05) is 36.1 Å². The molecule has 1 saturated heterocycles. The SMILES string of the molecule is Cc1cc(C(=O)N2CCC(C)C2)c(C)n1-c1ccccc1. The van der Waals surface area contributed by atoms with E-state index >= 15 is 0 Å². The van der Waals surface area contributed by atoms with Gasteiger partial charge in [0.1, 0.15) is 0 Å². The first-order valence-corrected chi connectivity index (χ1v) is 7.61. The smallest absolute Gasteiger partial charge is 0.255 e. The van der Waals surface area contributed by atoms with Crippen LogP contribution in [0.1, 0.15) is 35.1 Å². The number of aromatic nitrogens is 1. The highest BCUT2D eigenvalue weighted by Crippen LogP contribution is 2.24. The highest BCUT2D eigenvalue weighted by Gasteiger charge is 2.26. The third-order valence-corrected chi connectivity index (χ3v) is 4.39. The van der Waals surface area contributed by atoms with Crippen LogP contribution in [-0.4, -0.2) is 28.5 Å². The molecule has 0 saturated carbocycles. The number of nitrogens with zero attached hydrogens (tertiary/aromatic N) is 2. The van der Waals surface area contributed by atoms with Crippen molar-refractivity contribution >= 4 is 5.91 Å². The van der Waals surface area contributed by atoms with E-state index in [-0.39, 0.29) is 5.91 Å². The van der Waals surface area contributed by atoms with Gasteiger partial charge >= 0.3 is 0 Å². The maximum atomic E-state index is 12.7. The monoisotopic (exact) mass is 282 g/mol. The number of amides is 1. The Bertz CT molecular complexity index is 657. The van der Waals surface area contributed by atoms with Crippen molar-refractivity contribution in [3.05, 3.63) is 53.3 Å². The Balaban J connectivity index is 1.97. The molecule has 1 atom stereocenters. The van der Waals surface area contributed by atoms with Crippen LogP contribution in [0.25, 0.3) is 5.69 Å². The van der Waals surface area contributed by atoms with E-state index in [1.165, 1.54) is 0 Å². The molecule has 110 valence electrons. The van der Waals surface area contributed by atoms with Gasteiger partial charge in [0, 0.05) is 30.2 Å². The summed E-state index contributed by atoms with van der Waals surface area (Å²) in [4.78, 5) is 14.7. The van der Waals surface area contributed by atoms with Crippen LogP contribution in [0.3, 0.4) is 0 Å². The lowest BCUT2D eigenvalue weighted by Gasteiger charge is -2.16. The molecule has 3 rings (SSSR count). The number of hydrogen-bond donors (Lipinski definition) is 0. The topological polar surface area (TPSA) is 25.2 Å². The van der Waals surface area contributed by atoms with Crippen LogP contribution in [0.4, 0.5) is 0 Å². The van der Waals surface area contributed by atoms with Gasteiger partial charge in [0.2, 0.25) is 0 Å². The number of aryl methyl sites for hydroxylation is 1. The molecule has 1 unspecified atom stereocenters. The fourth-order valence-corrected chi connectivity index (χ4v) is 3.24. The molecule has 3 heteroatoms. The molecular formula is C18H22N2O. The van der Waals surface area contributed by atoms with Crippen LogP contribution in [-0.2, 0) is 0 Å². The van der Waals surface area contributed by atoms with Crippen LogP contribution < -0.4 is 0 Å². The predicted molar refractivity (Wildman–Crippen MR) is 84.9 cm³/mol. The lowest BCUT2D eigenvalue weighted by Crippen LogP contribution is -2.28. The highest BCUT2D eigenvalue weighted by atomic mass is 16.2. The van der Waals surface area contributed by atoms with E-state index in [9.17, 15) is 4.79 Å². The minimum Gasteiger partial charge on any atom is -0.338 e. The minimum atomic E-state index is 0.176. The van der Waals surface area contributed by atoms with Crippen molar-refractivity contribution in [2.75, 3.05) is 13.1 Å². The molecule has 1 amide bonds. The molecule has 21 heavy (non-hydrogen) atoms. The summed E-state index contributed by atoms with van der Waals surface area (Å²) in [6.45, 7) is 8.07. The third kappa shape index (κ3) is 2.48. The van der Waals surface area contributed by atoms with Crippen molar-refractivity contribution in [3.63, 3.8) is 0 Å². The summed E-state index contributed by atoms with van der Waals surface area (Å²) >= 11 is 0. The fourth-order valence-electron chi connectivity index (χ4n) is 3.24. The second-order valence-corrected chi connectivity index (χ2v) is 6.10. The van der Waals surface area contributed by atoms with Crippen molar-refractivity contribution in [1.29, 1.82) is 0 Å². The molecule has 1 fully saturated rings. The molecule has 0 aliphatic carbocycles. The van der Waals surface area contributed by atoms with Crippen LogP contribution in [0.5, 0.6) is 0 Å². The van der Waals surface area contributed by atoms with Gasteiger partial charge in [-0.3, -0.25) is 4.79 Å². The summed E-state index contributed by atoms with van der Waals surface area (Å²) in [5, 5.41) is 0. The summed E-state index contributed by atoms with van der Waals surface area (Å²) in [6.07, 6.45) is 1.11. The molecule has 1 aliphatic heterocycles. The molecule has 0 N–H and O–H groups in total. The summed E-state index contributed by atoms with van der Waals surface area (Å²) in [7, 11) is 0. The maximum Gasteiger partial charge on any atom is 0.255 e. The lowest BCUT2D eigenvalue weighted by molar-refractivity contribution is 0.0787. The summed E-state index contributed by atoms with van der Waals surface area (Å²) in [5.74, 6) is 0.793. The van der Waals surface area contributed by atoms with Gasteiger partial charge < -0.3 is 9.47 Å². The Hall–Kier alpha value is -2.03. The van der Waals surface area contributed by atoms with E-state index in [2.05, 4.69) is 30.5 Å². The second-order valence-electron chi connectivity index (χ2n) is 6.10. The zero-order valence-corrected chi connectivity index (χ0v) is 13.0. The summed E-state index contributed by atoms with van der Waals surface area (Å²) < 4.78 is 2.16. The molecule has 0 bridgehead atoms. The van der Waals surface area contributed by atoms with Crippen molar-refractivity contribution < 1.29 is 4.79 Å². The number of likely N-dealkylation sites (tertiary alicyclic amines) is 1. The molecule has 0 radical (unpaired) electrons. The Morgan fingerprint density at radius 3 is 2.52 bits per heavy atom. The van der Waals surface area contributed by atoms with Gasteiger partial charge in [-0.2, -0.15) is 0 Å². The van der Waals surface area contributed by atoms with Gasteiger partial charge in [-0.05, 0) is 44.4 Å². The van der Waals surface area contributed by atoms with Gasteiger partial charge in [0.15, 0.2) is 0 Å². The van der Waals surface area contributed by atoms with Crippen molar-refractivity contribution in [2.24, 2.45) is 5.92 Å². The highest BCUT2D eigenvalue weighted by molar-refractivity contribution is 5.96. The van der Waals surface area contributed by atoms with E-state index in [0.717, 1.165) is 42.1 Å². The molecule has 3 nitrogen and oxygen atoms in total. The van der Waals surface area contributed by atoms with Crippen LogP contribution in [0.2, 0.25) is 0 Å². The zero-order chi connectivity index (χ0) is 15.0. The van der Waals surface area contributed by atoms with E-state index in [1.54, 1.807) is 0 Å². The first kappa shape index (κ1) is 13.9. The average Bonchev–Trinajstić information content (AvgIpc) is 3.03. The van der Waals surface area contributed by atoms with Gasteiger partial charge in [-0.1, -0.05) is 25.1 Å². The second kappa shape index (κ2) is 5.40. The third-order valence-electron chi connectivity index (χ3n) is 4.39. The number of para-hydroxylation sites is 1. The molecule has 1 aromatic heterocycles. The maximum absolute atomic E-state index is 12.7.